The van der Waals surface area contributed by atoms with Crippen LogP contribution in [0.2, 0.25) is 0 Å². The van der Waals surface area contributed by atoms with Crippen molar-refractivity contribution in [2.45, 2.75) is 64.5 Å². The van der Waals surface area contributed by atoms with Gasteiger partial charge in [0, 0.05) is 36.4 Å². The number of benzene rings is 1. The Kier molecular flexibility index (Phi) is 5.28. The van der Waals surface area contributed by atoms with Gasteiger partial charge in [-0.05, 0) is 37.0 Å². The van der Waals surface area contributed by atoms with Crippen molar-refractivity contribution in [1.82, 2.24) is 14.9 Å². The van der Waals surface area contributed by atoms with E-state index in [9.17, 15) is 4.79 Å². The Labute approximate surface area is 163 Å². The quantitative estimate of drug-likeness (QED) is 0.805. The highest BCUT2D eigenvalue weighted by Gasteiger charge is 2.24. The number of hydrogen-bond donors (Lipinski definition) is 1. The summed E-state index contributed by atoms with van der Waals surface area (Å²) in [6.07, 6.45) is 7.01. The van der Waals surface area contributed by atoms with E-state index in [0.717, 1.165) is 53.9 Å². The van der Waals surface area contributed by atoms with Crippen molar-refractivity contribution < 1.29 is 0 Å². The predicted octanol–water partition coefficient (Wildman–Crippen LogP) is 4.45. The summed E-state index contributed by atoms with van der Waals surface area (Å²) in [4.78, 5) is 23.0. The minimum absolute atomic E-state index is 0.0724. The van der Waals surface area contributed by atoms with Gasteiger partial charge in [-0.1, -0.05) is 47.3 Å². The molecule has 0 spiro atoms. The summed E-state index contributed by atoms with van der Waals surface area (Å²) in [6.45, 7) is 4.59. The first-order valence-corrected chi connectivity index (χ1v) is 10.5. The first-order valence-electron chi connectivity index (χ1n) is 9.69. The molecule has 1 aromatic heterocycles. The van der Waals surface area contributed by atoms with Crippen LogP contribution in [-0.2, 0) is 19.5 Å². The van der Waals surface area contributed by atoms with Crippen LogP contribution >= 0.6 is 15.9 Å². The van der Waals surface area contributed by atoms with E-state index in [1.807, 2.05) is 0 Å². The summed E-state index contributed by atoms with van der Waals surface area (Å²) >= 11 is 3.67. The molecule has 0 amide bonds. The topological polar surface area (TPSA) is 49.0 Å². The van der Waals surface area contributed by atoms with Crippen molar-refractivity contribution in [1.29, 1.82) is 0 Å². The molecule has 0 saturated heterocycles. The second kappa shape index (κ2) is 7.65. The summed E-state index contributed by atoms with van der Waals surface area (Å²) in [5.74, 6) is 1.38. The molecule has 0 unspecified atom stereocenters. The van der Waals surface area contributed by atoms with Crippen LogP contribution < -0.4 is 5.56 Å². The van der Waals surface area contributed by atoms with Crippen LogP contribution in [0.4, 0.5) is 0 Å². The summed E-state index contributed by atoms with van der Waals surface area (Å²) in [7, 11) is 0. The highest BCUT2D eigenvalue weighted by Crippen LogP contribution is 2.31. The fourth-order valence-electron chi connectivity index (χ4n) is 4.23. The van der Waals surface area contributed by atoms with Gasteiger partial charge >= 0.3 is 0 Å². The number of aromatic amines is 1. The van der Waals surface area contributed by atoms with Gasteiger partial charge in [0.1, 0.15) is 5.82 Å². The molecule has 4 nitrogen and oxygen atoms in total. The third-order valence-electron chi connectivity index (χ3n) is 5.76. The molecule has 1 aliphatic heterocycles. The molecule has 26 heavy (non-hydrogen) atoms. The van der Waals surface area contributed by atoms with Crippen molar-refractivity contribution in [2.75, 3.05) is 6.54 Å². The standard InChI is InChI=1S/C21H26BrN3O/c1-14-7-8-16(18(22)11-14)12-25-10-9-19-17(13-25)21(26)24-20(23-19)15-5-3-2-4-6-15/h7-8,11,15H,2-6,9-10,12-13H2,1H3,(H,23,24,26). The van der Waals surface area contributed by atoms with Crippen LogP contribution in [0.1, 0.15) is 66.2 Å². The van der Waals surface area contributed by atoms with E-state index in [1.54, 1.807) is 0 Å². The summed E-state index contributed by atoms with van der Waals surface area (Å²) in [5.41, 5.74) is 4.47. The Morgan fingerprint density at radius 1 is 1.27 bits per heavy atom. The lowest BCUT2D eigenvalue weighted by Gasteiger charge is -2.29. The van der Waals surface area contributed by atoms with Gasteiger partial charge in [-0.2, -0.15) is 0 Å². The van der Waals surface area contributed by atoms with Gasteiger partial charge in [0.25, 0.3) is 5.56 Å². The average Bonchev–Trinajstić information content (AvgIpc) is 2.65. The number of aromatic nitrogens is 2. The number of aryl methyl sites for hydroxylation is 1. The second-order valence-electron chi connectivity index (χ2n) is 7.77. The fraction of sp³-hybridized carbons (Fsp3) is 0.524. The summed E-state index contributed by atoms with van der Waals surface area (Å²) < 4.78 is 1.14. The molecule has 1 aliphatic carbocycles. The molecule has 1 aromatic carbocycles. The van der Waals surface area contributed by atoms with E-state index in [0.29, 0.717) is 12.5 Å². The molecule has 0 atom stereocenters. The lowest BCUT2D eigenvalue weighted by molar-refractivity contribution is 0.240. The average molecular weight is 416 g/mol. The summed E-state index contributed by atoms with van der Waals surface area (Å²) in [5, 5.41) is 0. The molecule has 5 heteroatoms. The number of hydrogen-bond acceptors (Lipinski definition) is 3. The van der Waals surface area contributed by atoms with E-state index in [-0.39, 0.29) is 5.56 Å². The van der Waals surface area contributed by atoms with Crippen LogP contribution in [0.3, 0.4) is 0 Å². The van der Waals surface area contributed by atoms with E-state index >= 15 is 0 Å². The zero-order valence-corrected chi connectivity index (χ0v) is 16.9. The van der Waals surface area contributed by atoms with Crippen molar-refractivity contribution in [3.05, 3.63) is 61.2 Å². The smallest absolute Gasteiger partial charge is 0.255 e. The minimum atomic E-state index is 0.0724. The van der Waals surface area contributed by atoms with Crippen LogP contribution in [0.15, 0.2) is 27.5 Å². The first kappa shape index (κ1) is 17.9. The SMILES string of the molecule is Cc1ccc(CN2CCc3nc(C4CCCCC4)[nH]c(=O)c3C2)c(Br)c1. The lowest BCUT2D eigenvalue weighted by atomic mass is 9.88. The zero-order valence-electron chi connectivity index (χ0n) is 15.4. The lowest BCUT2D eigenvalue weighted by Crippen LogP contribution is -2.36. The molecule has 0 radical (unpaired) electrons. The molecule has 1 N–H and O–H groups in total. The molecule has 2 aromatic rings. The van der Waals surface area contributed by atoms with Gasteiger partial charge < -0.3 is 4.98 Å². The molecule has 0 bridgehead atoms. The number of nitrogens with one attached hydrogen (secondary N) is 1. The van der Waals surface area contributed by atoms with Gasteiger partial charge in [-0.25, -0.2) is 4.98 Å². The first-order chi connectivity index (χ1) is 12.6. The number of fused-ring (bicyclic) bond motifs is 1. The monoisotopic (exact) mass is 415 g/mol. The molecular weight excluding hydrogens is 390 g/mol. The Bertz CT molecular complexity index is 855. The van der Waals surface area contributed by atoms with Crippen LogP contribution in [-0.4, -0.2) is 21.4 Å². The molecule has 4 rings (SSSR count). The molecule has 2 heterocycles. The Morgan fingerprint density at radius 2 is 2.08 bits per heavy atom. The predicted molar refractivity (Wildman–Crippen MR) is 107 cm³/mol. The van der Waals surface area contributed by atoms with Crippen molar-refractivity contribution >= 4 is 15.9 Å². The molecule has 1 saturated carbocycles. The summed E-state index contributed by atoms with van der Waals surface area (Å²) in [6, 6.07) is 6.46. The normalized spacial score (nSPS) is 18.7. The Balaban J connectivity index is 1.52. The maximum absolute atomic E-state index is 12.7. The number of nitrogens with zero attached hydrogens (tertiary/aromatic N) is 2. The van der Waals surface area contributed by atoms with Crippen molar-refractivity contribution in [2.24, 2.45) is 0 Å². The van der Waals surface area contributed by atoms with E-state index in [1.165, 1.54) is 30.4 Å². The molecule has 2 aliphatic rings. The molecule has 138 valence electrons. The van der Waals surface area contributed by atoms with Crippen LogP contribution in [0.5, 0.6) is 0 Å². The highest BCUT2D eigenvalue weighted by atomic mass is 79.9. The van der Waals surface area contributed by atoms with Gasteiger partial charge in [0.05, 0.1) is 11.3 Å². The minimum Gasteiger partial charge on any atom is -0.310 e. The van der Waals surface area contributed by atoms with Crippen LogP contribution in [0.25, 0.3) is 0 Å². The Hall–Kier alpha value is -1.46. The van der Waals surface area contributed by atoms with Gasteiger partial charge in [0.15, 0.2) is 0 Å². The molecule has 1 fully saturated rings. The fourth-order valence-corrected chi connectivity index (χ4v) is 4.84. The Morgan fingerprint density at radius 3 is 2.85 bits per heavy atom. The maximum atomic E-state index is 12.7. The van der Waals surface area contributed by atoms with Crippen LogP contribution in [0, 0.1) is 6.92 Å². The third kappa shape index (κ3) is 3.79. The zero-order chi connectivity index (χ0) is 18.1. The number of halogens is 1. The van der Waals surface area contributed by atoms with Gasteiger partial charge in [-0.3, -0.25) is 9.69 Å². The van der Waals surface area contributed by atoms with Gasteiger partial charge in [0.2, 0.25) is 0 Å². The number of rotatable bonds is 3. The van der Waals surface area contributed by atoms with Gasteiger partial charge in [-0.15, -0.1) is 0 Å². The maximum Gasteiger partial charge on any atom is 0.255 e. The molecular formula is C21H26BrN3O. The third-order valence-corrected chi connectivity index (χ3v) is 6.50. The van der Waals surface area contributed by atoms with E-state index < -0.39 is 0 Å². The largest absolute Gasteiger partial charge is 0.310 e. The highest BCUT2D eigenvalue weighted by molar-refractivity contribution is 9.10. The van der Waals surface area contributed by atoms with E-state index in [2.05, 4.69) is 50.9 Å². The van der Waals surface area contributed by atoms with Crippen molar-refractivity contribution in [3.8, 4) is 0 Å². The van der Waals surface area contributed by atoms with Crippen molar-refractivity contribution in [3.63, 3.8) is 0 Å². The number of H-pyrrole nitrogens is 1. The van der Waals surface area contributed by atoms with E-state index in [4.69, 9.17) is 4.98 Å². The second-order valence-corrected chi connectivity index (χ2v) is 8.62.